The van der Waals surface area contributed by atoms with Crippen LogP contribution in [0, 0.1) is 23.0 Å². The molecule has 3 N–H and O–H groups in total. The van der Waals surface area contributed by atoms with Crippen LogP contribution in [0.2, 0.25) is 0 Å². The molecule has 2 aromatic carbocycles. The number of ether oxygens (including phenoxy) is 2. The molecular weight excluding hydrogens is 596 g/mol. The first-order valence-electron chi connectivity index (χ1n) is 16.2. The van der Waals surface area contributed by atoms with Crippen molar-refractivity contribution < 1.29 is 32.6 Å². The van der Waals surface area contributed by atoms with E-state index in [0.29, 0.717) is 35.2 Å². The minimum Gasteiger partial charge on any atom is -0.497 e. The standard InChI is InChI=1S/C34H43F2N5O5/c1-45-23-3-4-25(35)24(15-23)32(43)37-22-18-34(19-22)9-13-40(14-10-34)20-21-7-11-41(12-8-21)29-17-30(46-2)28(16-26(29)36)38-27-5-6-31(42)39-33(27)44/h3-4,15-17,21-22,27,38H,5-14,18-20H2,1-2H3,(H,37,43)(H,39,42,44). The fourth-order valence-corrected chi connectivity index (χ4v) is 7.58. The minimum atomic E-state index is -0.625. The molecule has 6 rings (SSSR count). The van der Waals surface area contributed by atoms with Crippen molar-refractivity contribution in [3.63, 3.8) is 0 Å². The lowest BCUT2D eigenvalue weighted by Gasteiger charge is -2.52. The molecule has 0 radical (unpaired) electrons. The van der Waals surface area contributed by atoms with E-state index in [-0.39, 0.29) is 35.2 Å². The van der Waals surface area contributed by atoms with E-state index in [1.807, 2.05) is 0 Å². The molecule has 3 amide bonds. The van der Waals surface area contributed by atoms with Gasteiger partial charge in [0.2, 0.25) is 11.8 Å². The maximum absolute atomic E-state index is 15.3. The van der Waals surface area contributed by atoms with Crippen LogP contribution in [0.4, 0.5) is 20.2 Å². The van der Waals surface area contributed by atoms with Crippen molar-refractivity contribution in [2.45, 2.75) is 63.5 Å². The van der Waals surface area contributed by atoms with Gasteiger partial charge in [0.25, 0.3) is 5.91 Å². The van der Waals surface area contributed by atoms with Crippen LogP contribution in [0.1, 0.15) is 61.7 Å². The molecule has 4 fully saturated rings. The van der Waals surface area contributed by atoms with E-state index in [1.54, 1.807) is 6.07 Å². The van der Waals surface area contributed by atoms with Crippen molar-refractivity contribution in [3.8, 4) is 11.5 Å². The summed E-state index contributed by atoms with van der Waals surface area (Å²) in [5, 5.41) is 8.36. The third-order valence-electron chi connectivity index (χ3n) is 10.3. The lowest BCUT2D eigenvalue weighted by atomic mass is 9.60. The zero-order chi connectivity index (χ0) is 32.4. The van der Waals surface area contributed by atoms with Gasteiger partial charge in [-0.05, 0) is 87.6 Å². The van der Waals surface area contributed by atoms with Crippen molar-refractivity contribution in [2.75, 3.05) is 57.2 Å². The molecule has 3 saturated heterocycles. The van der Waals surface area contributed by atoms with Gasteiger partial charge in [0.1, 0.15) is 29.2 Å². The van der Waals surface area contributed by atoms with E-state index < -0.39 is 23.7 Å². The number of amides is 3. The molecule has 46 heavy (non-hydrogen) atoms. The van der Waals surface area contributed by atoms with Gasteiger partial charge in [0.15, 0.2) is 0 Å². The highest BCUT2D eigenvalue weighted by molar-refractivity contribution is 6.01. The van der Waals surface area contributed by atoms with Crippen LogP contribution < -0.4 is 30.3 Å². The first-order valence-corrected chi connectivity index (χ1v) is 16.2. The van der Waals surface area contributed by atoms with E-state index in [0.717, 1.165) is 71.2 Å². The minimum absolute atomic E-state index is 0.0156. The molecule has 2 aromatic rings. The Morgan fingerprint density at radius 2 is 1.72 bits per heavy atom. The van der Waals surface area contributed by atoms with Gasteiger partial charge in [-0.25, -0.2) is 8.78 Å². The average molecular weight is 640 g/mol. The number of rotatable bonds is 9. The van der Waals surface area contributed by atoms with Crippen molar-refractivity contribution >= 4 is 29.1 Å². The topological polar surface area (TPSA) is 112 Å². The summed E-state index contributed by atoms with van der Waals surface area (Å²) in [4.78, 5) is 40.9. The number of anilines is 2. The molecule has 248 valence electrons. The molecule has 3 heterocycles. The highest BCUT2D eigenvalue weighted by Gasteiger charge is 2.46. The van der Waals surface area contributed by atoms with Gasteiger partial charge in [-0.15, -0.1) is 0 Å². The van der Waals surface area contributed by atoms with Gasteiger partial charge in [0, 0.05) is 44.2 Å². The number of benzene rings is 2. The molecular formula is C34H43F2N5O5. The van der Waals surface area contributed by atoms with E-state index in [4.69, 9.17) is 9.47 Å². The zero-order valence-electron chi connectivity index (χ0n) is 26.5. The summed E-state index contributed by atoms with van der Waals surface area (Å²) in [6, 6.07) is 6.71. The molecule has 1 atom stereocenters. The number of hydrogen-bond donors (Lipinski definition) is 3. The third-order valence-corrected chi connectivity index (χ3v) is 10.3. The molecule has 1 aliphatic carbocycles. The van der Waals surface area contributed by atoms with Crippen LogP contribution in [0.5, 0.6) is 11.5 Å². The first kappa shape index (κ1) is 32.0. The summed E-state index contributed by atoms with van der Waals surface area (Å²) in [6.07, 6.45) is 6.54. The molecule has 3 aliphatic heterocycles. The fourth-order valence-electron chi connectivity index (χ4n) is 7.58. The van der Waals surface area contributed by atoms with Crippen molar-refractivity contribution in [3.05, 3.63) is 47.5 Å². The lowest BCUT2D eigenvalue weighted by Crippen LogP contribution is -2.55. The average Bonchev–Trinajstić information content (AvgIpc) is 3.03. The summed E-state index contributed by atoms with van der Waals surface area (Å²) in [7, 11) is 3.01. The smallest absolute Gasteiger partial charge is 0.254 e. The number of nitrogens with one attached hydrogen (secondary N) is 3. The van der Waals surface area contributed by atoms with Gasteiger partial charge in [-0.2, -0.15) is 0 Å². The normalized spacial score (nSPS) is 22.3. The monoisotopic (exact) mass is 639 g/mol. The Kier molecular flexibility index (Phi) is 9.35. The second-order valence-electron chi connectivity index (χ2n) is 13.3. The fraction of sp³-hybridized carbons (Fsp3) is 0.559. The van der Waals surface area contributed by atoms with Crippen LogP contribution in [-0.4, -0.2) is 81.6 Å². The molecule has 12 heteroatoms. The maximum atomic E-state index is 15.3. The number of likely N-dealkylation sites (tertiary alicyclic amines) is 1. The molecule has 0 bridgehead atoms. The number of piperidine rings is 3. The largest absolute Gasteiger partial charge is 0.497 e. The first-order chi connectivity index (χ1) is 22.1. The van der Waals surface area contributed by atoms with Gasteiger partial charge >= 0.3 is 0 Å². The summed E-state index contributed by atoms with van der Waals surface area (Å²) < 4.78 is 40.2. The number of hydrogen-bond acceptors (Lipinski definition) is 8. The van der Waals surface area contributed by atoms with Crippen LogP contribution in [0.15, 0.2) is 30.3 Å². The predicted octanol–water partition coefficient (Wildman–Crippen LogP) is 4.09. The number of carbonyl (C=O) groups excluding carboxylic acids is 3. The summed E-state index contributed by atoms with van der Waals surface area (Å²) >= 11 is 0. The second-order valence-corrected chi connectivity index (χ2v) is 13.3. The molecule has 0 aromatic heterocycles. The van der Waals surface area contributed by atoms with Crippen LogP contribution in [-0.2, 0) is 9.59 Å². The Morgan fingerprint density at radius 3 is 2.39 bits per heavy atom. The SMILES string of the molecule is COc1ccc(F)c(C(=O)NC2CC3(CCN(CC4CCN(c5cc(OC)c(NC6CCC(=O)NC6=O)cc5F)CC4)CC3)C2)c1. The van der Waals surface area contributed by atoms with E-state index in [1.165, 1.54) is 38.5 Å². The Hall–Kier alpha value is -3.93. The van der Waals surface area contributed by atoms with E-state index in [2.05, 4.69) is 25.8 Å². The number of imide groups is 1. The second kappa shape index (κ2) is 13.4. The Bertz CT molecular complexity index is 1460. The Morgan fingerprint density at radius 1 is 0.978 bits per heavy atom. The van der Waals surface area contributed by atoms with Gasteiger partial charge in [-0.1, -0.05) is 0 Å². The van der Waals surface area contributed by atoms with Gasteiger partial charge in [-0.3, -0.25) is 19.7 Å². The highest BCUT2D eigenvalue weighted by Crippen LogP contribution is 2.49. The zero-order valence-corrected chi connectivity index (χ0v) is 26.5. The molecule has 1 spiro atoms. The maximum Gasteiger partial charge on any atom is 0.254 e. The van der Waals surface area contributed by atoms with Crippen LogP contribution in [0.3, 0.4) is 0 Å². The Labute approximate surface area is 268 Å². The quantitative estimate of drug-likeness (QED) is 0.352. The van der Waals surface area contributed by atoms with Gasteiger partial charge in [0.05, 0.1) is 31.2 Å². The molecule has 10 nitrogen and oxygen atoms in total. The van der Waals surface area contributed by atoms with E-state index >= 15 is 4.39 Å². The van der Waals surface area contributed by atoms with Crippen LogP contribution in [0.25, 0.3) is 0 Å². The molecule has 4 aliphatic rings. The number of carbonyl (C=O) groups is 3. The third kappa shape index (κ3) is 6.91. The number of halogens is 2. The van der Waals surface area contributed by atoms with Gasteiger partial charge < -0.3 is 29.9 Å². The van der Waals surface area contributed by atoms with Crippen molar-refractivity contribution in [1.29, 1.82) is 0 Å². The number of nitrogens with zero attached hydrogens (tertiary/aromatic N) is 2. The molecule has 1 unspecified atom stereocenters. The van der Waals surface area contributed by atoms with Crippen molar-refractivity contribution in [2.24, 2.45) is 11.3 Å². The van der Waals surface area contributed by atoms with E-state index in [9.17, 15) is 18.8 Å². The Balaban J connectivity index is 0.946. The summed E-state index contributed by atoms with van der Waals surface area (Å²) in [5.41, 5.74) is 1.15. The highest BCUT2D eigenvalue weighted by atomic mass is 19.1. The lowest BCUT2D eigenvalue weighted by molar-refractivity contribution is -0.133. The predicted molar refractivity (Wildman–Crippen MR) is 169 cm³/mol. The summed E-state index contributed by atoms with van der Waals surface area (Å²) in [5.74, 6) is -0.588. The van der Waals surface area contributed by atoms with Crippen LogP contribution >= 0.6 is 0 Å². The number of methoxy groups -OCH3 is 2. The van der Waals surface area contributed by atoms with Crippen molar-refractivity contribution in [1.82, 2.24) is 15.5 Å². The summed E-state index contributed by atoms with van der Waals surface area (Å²) in [6.45, 7) is 4.58. The molecule has 1 saturated carbocycles.